The van der Waals surface area contributed by atoms with E-state index in [1.165, 1.54) is 23.1 Å². The third kappa shape index (κ3) is 5.20. The Bertz CT molecular complexity index is 948. The van der Waals surface area contributed by atoms with Crippen molar-refractivity contribution in [2.45, 2.75) is 18.1 Å². The number of anilines is 2. The van der Waals surface area contributed by atoms with Crippen molar-refractivity contribution in [3.8, 4) is 6.07 Å². The van der Waals surface area contributed by atoms with E-state index in [9.17, 15) is 13.2 Å². The van der Waals surface area contributed by atoms with E-state index < -0.39 is 15.9 Å². The van der Waals surface area contributed by atoms with Gasteiger partial charge in [-0.1, -0.05) is 41.3 Å². The Morgan fingerprint density at radius 1 is 1.38 bits per heavy atom. The summed E-state index contributed by atoms with van der Waals surface area (Å²) in [5, 5.41) is 11.7. The molecule has 0 aliphatic heterocycles. The Kier molecular flexibility index (Phi) is 6.63. The topological polar surface area (TPSA) is 103 Å². The highest BCUT2D eigenvalue weighted by molar-refractivity contribution is 8.01. The summed E-state index contributed by atoms with van der Waals surface area (Å²) in [5.41, 5.74) is 1.95. The third-order valence-electron chi connectivity index (χ3n) is 3.34. The van der Waals surface area contributed by atoms with E-state index in [1.807, 2.05) is 6.07 Å². The molecule has 1 aromatic carbocycles. The summed E-state index contributed by atoms with van der Waals surface area (Å²) in [7, 11) is -3.63. The maximum atomic E-state index is 12.4. The number of para-hydroxylation sites is 1. The first-order chi connectivity index (χ1) is 12.2. The van der Waals surface area contributed by atoms with Crippen LogP contribution in [0.5, 0.6) is 0 Å². The summed E-state index contributed by atoms with van der Waals surface area (Å²) < 4.78 is 26.2. The van der Waals surface area contributed by atoms with Crippen LogP contribution in [0.3, 0.4) is 0 Å². The molecule has 1 aromatic heterocycles. The second-order valence-electron chi connectivity index (χ2n) is 5.44. The van der Waals surface area contributed by atoms with E-state index in [1.54, 1.807) is 38.1 Å². The fourth-order valence-electron chi connectivity index (χ4n) is 2.18. The number of aromatic nitrogens is 1. The number of thiazole rings is 1. The lowest BCUT2D eigenvalue weighted by atomic mass is 10.2. The zero-order valence-electron chi connectivity index (χ0n) is 14.5. The molecule has 1 heterocycles. The number of thioether (sulfide) groups is 1. The number of carbonyl (C=O) groups excluding carboxylic acids is 1. The van der Waals surface area contributed by atoms with Gasteiger partial charge in [0.2, 0.25) is 15.9 Å². The van der Waals surface area contributed by atoms with Gasteiger partial charge in [-0.2, -0.15) is 5.26 Å². The van der Waals surface area contributed by atoms with E-state index in [0.717, 1.165) is 26.0 Å². The second-order valence-corrected chi connectivity index (χ2v) is 9.59. The maximum absolute atomic E-state index is 12.4. The number of nitrogens with zero attached hydrogens (tertiary/aromatic N) is 3. The van der Waals surface area contributed by atoms with Gasteiger partial charge < -0.3 is 5.32 Å². The molecule has 138 valence electrons. The van der Waals surface area contributed by atoms with Crippen molar-refractivity contribution in [3.63, 3.8) is 0 Å². The van der Waals surface area contributed by atoms with E-state index in [0.29, 0.717) is 16.6 Å². The molecule has 0 saturated heterocycles. The third-order valence-corrected chi connectivity index (χ3v) is 6.77. The molecular formula is C16H18N4O3S3. The van der Waals surface area contributed by atoms with Gasteiger partial charge in [0.05, 0.1) is 33.7 Å². The highest BCUT2D eigenvalue weighted by atomic mass is 32.2. The van der Waals surface area contributed by atoms with E-state index in [2.05, 4.69) is 10.3 Å². The number of hydrogen-bond donors (Lipinski definition) is 1. The van der Waals surface area contributed by atoms with Gasteiger partial charge in [-0.05, 0) is 25.5 Å². The first-order valence-corrected chi connectivity index (χ1v) is 11.2. The summed E-state index contributed by atoms with van der Waals surface area (Å²) in [6.07, 6.45) is 1.07. The van der Waals surface area contributed by atoms with Crippen LogP contribution in [0.2, 0.25) is 0 Å². The SMILES string of the molecule is Cc1ccccc1N(CC(=O)Nc1nc(C)c(SCC#N)s1)S(C)(=O)=O. The minimum Gasteiger partial charge on any atom is -0.300 e. The number of sulfonamides is 1. The van der Waals surface area contributed by atoms with Crippen LogP contribution < -0.4 is 9.62 Å². The van der Waals surface area contributed by atoms with Crippen LogP contribution in [-0.2, 0) is 14.8 Å². The Morgan fingerprint density at radius 2 is 2.08 bits per heavy atom. The lowest BCUT2D eigenvalue weighted by Gasteiger charge is -2.23. The summed E-state index contributed by atoms with van der Waals surface area (Å²) in [4.78, 5) is 16.6. The van der Waals surface area contributed by atoms with Crippen molar-refractivity contribution in [2.24, 2.45) is 0 Å². The number of hydrogen-bond acceptors (Lipinski definition) is 7. The zero-order valence-corrected chi connectivity index (χ0v) is 17.0. The number of aryl methyl sites for hydroxylation is 2. The first-order valence-electron chi connectivity index (χ1n) is 7.52. The summed E-state index contributed by atoms with van der Waals surface area (Å²) in [6.45, 7) is 3.24. The van der Waals surface area contributed by atoms with Crippen LogP contribution in [0, 0.1) is 25.2 Å². The Labute approximate surface area is 161 Å². The van der Waals surface area contributed by atoms with Crippen molar-refractivity contribution >= 4 is 49.8 Å². The van der Waals surface area contributed by atoms with Gasteiger partial charge >= 0.3 is 0 Å². The summed E-state index contributed by atoms with van der Waals surface area (Å²) in [5.74, 6) is -0.185. The lowest BCUT2D eigenvalue weighted by Crippen LogP contribution is -2.37. The predicted octanol–water partition coefficient (Wildman–Crippen LogP) is 2.78. The van der Waals surface area contributed by atoms with Crippen LogP contribution >= 0.6 is 23.1 Å². The predicted molar refractivity (Wildman–Crippen MR) is 105 cm³/mol. The van der Waals surface area contributed by atoms with Crippen LogP contribution in [-0.4, -0.2) is 37.9 Å². The van der Waals surface area contributed by atoms with Gasteiger partial charge in [0, 0.05) is 0 Å². The molecule has 0 aliphatic carbocycles. The molecule has 0 bridgehead atoms. The number of carbonyl (C=O) groups is 1. The minimum atomic E-state index is -3.63. The Morgan fingerprint density at radius 3 is 2.69 bits per heavy atom. The van der Waals surface area contributed by atoms with Gasteiger partial charge in [-0.15, -0.1) is 0 Å². The standard InChI is InChI=1S/C16H18N4O3S3/c1-11-6-4-5-7-13(11)20(26(3,22)23)10-14(21)19-16-18-12(2)15(25-16)24-9-8-17/h4-7H,9-10H2,1-3H3,(H,18,19,21). The highest BCUT2D eigenvalue weighted by Crippen LogP contribution is 2.31. The molecule has 0 spiro atoms. The quantitative estimate of drug-likeness (QED) is 0.704. The average Bonchev–Trinajstić information content (AvgIpc) is 2.90. The normalized spacial score (nSPS) is 11.0. The van der Waals surface area contributed by atoms with Crippen molar-refractivity contribution in [1.82, 2.24) is 4.98 Å². The summed E-state index contributed by atoms with van der Waals surface area (Å²) >= 11 is 2.61. The maximum Gasteiger partial charge on any atom is 0.246 e. The fraction of sp³-hybridized carbons (Fsp3) is 0.312. The molecule has 0 radical (unpaired) electrons. The highest BCUT2D eigenvalue weighted by Gasteiger charge is 2.23. The van der Waals surface area contributed by atoms with Gasteiger partial charge in [0.25, 0.3) is 0 Å². The number of nitriles is 1. The molecule has 0 fully saturated rings. The largest absolute Gasteiger partial charge is 0.300 e. The Balaban J connectivity index is 2.16. The van der Waals surface area contributed by atoms with E-state index in [-0.39, 0.29) is 6.54 Å². The van der Waals surface area contributed by atoms with Gasteiger partial charge in [-0.25, -0.2) is 13.4 Å². The van der Waals surface area contributed by atoms with Crippen LogP contribution in [0.1, 0.15) is 11.3 Å². The van der Waals surface area contributed by atoms with Crippen LogP contribution in [0.15, 0.2) is 28.5 Å². The van der Waals surface area contributed by atoms with Crippen molar-refractivity contribution in [3.05, 3.63) is 35.5 Å². The fourth-order valence-corrected chi connectivity index (χ4v) is 4.91. The van der Waals surface area contributed by atoms with E-state index in [4.69, 9.17) is 5.26 Å². The van der Waals surface area contributed by atoms with Crippen molar-refractivity contribution in [2.75, 3.05) is 28.2 Å². The smallest absolute Gasteiger partial charge is 0.246 e. The molecular weight excluding hydrogens is 392 g/mol. The molecule has 2 aromatic rings. The number of amides is 1. The van der Waals surface area contributed by atoms with Crippen LogP contribution in [0.25, 0.3) is 0 Å². The number of nitrogens with one attached hydrogen (secondary N) is 1. The lowest BCUT2D eigenvalue weighted by molar-refractivity contribution is -0.114. The molecule has 10 heteroatoms. The molecule has 0 aliphatic rings. The average molecular weight is 411 g/mol. The molecule has 0 unspecified atom stereocenters. The molecule has 1 N–H and O–H groups in total. The monoisotopic (exact) mass is 410 g/mol. The van der Waals surface area contributed by atoms with Gasteiger partial charge in [0.1, 0.15) is 6.54 Å². The first kappa shape index (κ1) is 20.2. The molecule has 7 nitrogen and oxygen atoms in total. The number of rotatable bonds is 7. The minimum absolute atomic E-state index is 0.297. The van der Waals surface area contributed by atoms with Crippen molar-refractivity contribution in [1.29, 1.82) is 5.26 Å². The van der Waals surface area contributed by atoms with E-state index >= 15 is 0 Å². The molecule has 0 saturated carbocycles. The molecule has 0 atom stereocenters. The second kappa shape index (κ2) is 8.53. The number of benzene rings is 1. The molecule has 26 heavy (non-hydrogen) atoms. The summed E-state index contributed by atoms with van der Waals surface area (Å²) in [6, 6.07) is 9.01. The molecule has 2 rings (SSSR count). The van der Waals surface area contributed by atoms with Gasteiger partial charge in [-0.3, -0.25) is 9.10 Å². The molecule has 1 amide bonds. The van der Waals surface area contributed by atoms with Crippen LogP contribution in [0.4, 0.5) is 10.8 Å². The Hall–Kier alpha value is -2.09. The zero-order chi connectivity index (χ0) is 19.3. The van der Waals surface area contributed by atoms with Gasteiger partial charge in [0.15, 0.2) is 5.13 Å². The van der Waals surface area contributed by atoms with Crippen molar-refractivity contribution < 1.29 is 13.2 Å².